The molecule has 3 N–H and O–H groups in total. The molecule has 0 saturated heterocycles. The van der Waals surface area contributed by atoms with Gasteiger partial charge in [-0.3, -0.25) is 9.59 Å². The number of rotatable bonds is 5. The van der Waals surface area contributed by atoms with Crippen LogP contribution in [0.2, 0.25) is 0 Å². The number of amides is 1. The van der Waals surface area contributed by atoms with E-state index in [1.807, 2.05) is 6.92 Å². The lowest BCUT2D eigenvalue weighted by Crippen LogP contribution is -2.31. The topological polar surface area (TPSA) is 92.1 Å². The molecule has 20 heavy (non-hydrogen) atoms. The van der Waals surface area contributed by atoms with Crippen molar-refractivity contribution >= 4 is 23.5 Å². The van der Waals surface area contributed by atoms with E-state index in [1.165, 1.54) is 17.8 Å². The van der Waals surface area contributed by atoms with Crippen LogP contribution in [0.25, 0.3) is 0 Å². The second-order valence-electron chi connectivity index (χ2n) is 4.49. The number of aromatic nitrogens is 2. The van der Waals surface area contributed by atoms with Gasteiger partial charge in [0.1, 0.15) is 5.82 Å². The molecular weight excluding hydrogens is 276 g/mol. The van der Waals surface area contributed by atoms with Crippen molar-refractivity contribution < 1.29 is 4.79 Å². The lowest BCUT2D eigenvalue weighted by Gasteiger charge is -2.21. The van der Waals surface area contributed by atoms with Crippen LogP contribution < -0.4 is 11.3 Å². The number of anilines is 1. The zero-order chi connectivity index (χ0) is 14.5. The highest BCUT2D eigenvalue weighted by Crippen LogP contribution is 2.23. The predicted octanol–water partition coefficient (Wildman–Crippen LogP) is 1.36. The molecule has 0 fully saturated rings. The zero-order valence-corrected chi connectivity index (χ0v) is 12.2. The van der Waals surface area contributed by atoms with Gasteiger partial charge in [-0.25, -0.2) is 4.98 Å². The average molecular weight is 294 g/mol. The fraction of sp³-hybridized carbons (Fsp3) is 0.462. The first-order valence-corrected chi connectivity index (χ1v) is 7.57. The number of hydrogen-bond acceptors (Lipinski definition) is 5. The maximum Gasteiger partial charge on any atom is 0.253 e. The number of thioether (sulfide) groups is 1. The van der Waals surface area contributed by atoms with Crippen LogP contribution >= 0.6 is 11.8 Å². The Hall–Kier alpha value is -1.76. The third-order valence-corrected chi connectivity index (χ3v) is 3.91. The van der Waals surface area contributed by atoms with Gasteiger partial charge in [-0.05, 0) is 26.2 Å². The van der Waals surface area contributed by atoms with E-state index >= 15 is 0 Å². The van der Waals surface area contributed by atoms with Gasteiger partial charge in [-0.15, -0.1) is 0 Å². The molecular formula is C13H18N4O2S. The summed E-state index contributed by atoms with van der Waals surface area (Å²) in [6.45, 7) is 2.62. The Morgan fingerprint density at radius 2 is 2.40 bits per heavy atom. The maximum atomic E-state index is 12.2. The number of H-pyrrole nitrogens is 1. The number of allylic oxidation sites excluding steroid dienone is 2. The molecule has 1 amide bonds. The third kappa shape index (κ3) is 3.63. The van der Waals surface area contributed by atoms with E-state index in [-0.39, 0.29) is 23.0 Å². The quantitative estimate of drug-likeness (QED) is 0.632. The summed E-state index contributed by atoms with van der Waals surface area (Å²) in [6.07, 6.45) is 5.22. The number of nitrogens with two attached hydrogens (primary N) is 1. The fourth-order valence-electron chi connectivity index (χ4n) is 2.17. The number of aromatic amines is 1. The molecule has 0 spiro atoms. The molecule has 0 bridgehead atoms. The van der Waals surface area contributed by atoms with Crippen molar-refractivity contribution in [2.24, 2.45) is 0 Å². The number of nitrogens with one attached hydrogen (secondary N) is 1. The highest BCUT2D eigenvalue weighted by atomic mass is 32.2. The molecule has 7 heteroatoms. The van der Waals surface area contributed by atoms with Crippen LogP contribution in [0.5, 0.6) is 0 Å². The van der Waals surface area contributed by atoms with Crippen molar-refractivity contribution in [2.45, 2.75) is 31.3 Å². The lowest BCUT2D eigenvalue weighted by molar-refractivity contribution is -0.126. The normalized spacial score (nSPS) is 14.2. The number of hydrogen-bond donors (Lipinski definition) is 2. The van der Waals surface area contributed by atoms with E-state index in [2.05, 4.69) is 16.0 Å². The monoisotopic (exact) mass is 294 g/mol. The van der Waals surface area contributed by atoms with Crippen molar-refractivity contribution in [2.75, 3.05) is 18.0 Å². The largest absolute Gasteiger partial charge is 0.383 e. The fourth-order valence-corrected chi connectivity index (χ4v) is 2.93. The van der Waals surface area contributed by atoms with Gasteiger partial charge in [0.25, 0.3) is 5.56 Å². The van der Waals surface area contributed by atoms with Crippen LogP contribution in [0, 0.1) is 0 Å². The van der Waals surface area contributed by atoms with Crippen LogP contribution in [-0.2, 0) is 4.79 Å². The van der Waals surface area contributed by atoms with E-state index < -0.39 is 0 Å². The Labute approximate surface area is 121 Å². The summed E-state index contributed by atoms with van der Waals surface area (Å²) in [5.41, 5.74) is 6.30. The first kappa shape index (κ1) is 14.6. The molecule has 108 valence electrons. The second kappa shape index (κ2) is 6.60. The molecule has 0 aliphatic heterocycles. The number of nitrogens with zero attached hydrogens (tertiary/aromatic N) is 2. The molecule has 1 heterocycles. The van der Waals surface area contributed by atoms with Crippen molar-refractivity contribution in [3.63, 3.8) is 0 Å². The summed E-state index contributed by atoms with van der Waals surface area (Å²) in [5.74, 6) is 0.419. The first-order chi connectivity index (χ1) is 9.60. The van der Waals surface area contributed by atoms with Gasteiger partial charge in [0.05, 0.1) is 5.75 Å². The summed E-state index contributed by atoms with van der Waals surface area (Å²) < 4.78 is 0. The van der Waals surface area contributed by atoms with Crippen LogP contribution in [-0.4, -0.2) is 33.1 Å². The summed E-state index contributed by atoms with van der Waals surface area (Å²) in [4.78, 5) is 31.8. The average Bonchev–Trinajstić information content (AvgIpc) is 2.90. The third-order valence-electron chi connectivity index (χ3n) is 3.05. The zero-order valence-electron chi connectivity index (χ0n) is 11.4. The Balaban J connectivity index is 1.98. The molecule has 0 atom stereocenters. The van der Waals surface area contributed by atoms with Gasteiger partial charge in [0.2, 0.25) is 5.91 Å². The Morgan fingerprint density at radius 1 is 1.60 bits per heavy atom. The molecule has 1 aliphatic carbocycles. The molecule has 0 unspecified atom stereocenters. The van der Waals surface area contributed by atoms with Gasteiger partial charge in [0, 0.05) is 18.3 Å². The van der Waals surface area contributed by atoms with Crippen LogP contribution in [0.1, 0.15) is 26.2 Å². The number of nitrogen functional groups attached to an aromatic ring is 1. The van der Waals surface area contributed by atoms with E-state index in [9.17, 15) is 9.59 Å². The minimum absolute atomic E-state index is 0.0238. The van der Waals surface area contributed by atoms with Crippen molar-refractivity contribution in [1.29, 1.82) is 0 Å². The van der Waals surface area contributed by atoms with Crippen LogP contribution in [0.15, 0.2) is 27.8 Å². The van der Waals surface area contributed by atoms with Crippen LogP contribution in [0.4, 0.5) is 5.82 Å². The van der Waals surface area contributed by atoms with E-state index in [0.29, 0.717) is 11.7 Å². The SMILES string of the molecule is CCN(C(=O)CSc1nc(N)cc(=O)[nH]1)C1=CCCC1. The summed E-state index contributed by atoms with van der Waals surface area (Å²) >= 11 is 1.19. The highest BCUT2D eigenvalue weighted by molar-refractivity contribution is 7.99. The van der Waals surface area contributed by atoms with Gasteiger partial charge in [-0.1, -0.05) is 17.8 Å². The summed E-state index contributed by atoms with van der Waals surface area (Å²) in [6, 6.07) is 1.22. The standard InChI is InChI=1S/C13H18N4O2S/c1-2-17(9-5-3-4-6-9)12(19)8-20-13-15-10(14)7-11(18)16-13/h5,7H,2-4,6,8H2,1H3,(H3,14,15,16,18). The van der Waals surface area contributed by atoms with E-state index in [0.717, 1.165) is 25.0 Å². The molecule has 0 radical (unpaired) electrons. The van der Waals surface area contributed by atoms with Gasteiger partial charge >= 0.3 is 0 Å². The minimum Gasteiger partial charge on any atom is -0.383 e. The number of carbonyl (C=O) groups is 1. The molecule has 2 rings (SSSR count). The van der Waals surface area contributed by atoms with E-state index in [4.69, 9.17) is 5.73 Å². The van der Waals surface area contributed by atoms with Crippen LogP contribution in [0.3, 0.4) is 0 Å². The Morgan fingerprint density at radius 3 is 3.00 bits per heavy atom. The summed E-state index contributed by atoms with van der Waals surface area (Å²) in [5, 5.41) is 0.375. The van der Waals surface area contributed by atoms with E-state index in [1.54, 1.807) is 4.90 Å². The van der Waals surface area contributed by atoms with Gasteiger partial charge in [-0.2, -0.15) is 0 Å². The molecule has 0 saturated carbocycles. The first-order valence-electron chi connectivity index (χ1n) is 6.59. The second-order valence-corrected chi connectivity index (χ2v) is 5.45. The summed E-state index contributed by atoms with van der Waals surface area (Å²) in [7, 11) is 0. The molecule has 1 aromatic heterocycles. The van der Waals surface area contributed by atoms with Crippen molar-refractivity contribution in [3.05, 3.63) is 28.2 Å². The molecule has 6 nitrogen and oxygen atoms in total. The van der Waals surface area contributed by atoms with Crippen molar-refractivity contribution in [1.82, 2.24) is 14.9 Å². The Bertz CT molecular complexity index is 582. The van der Waals surface area contributed by atoms with Crippen molar-refractivity contribution in [3.8, 4) is 0 Å². The highest BCUT2D eigenvalue weighted by Gasteiger charge is 2.18. The van der Waals surface area contributed by atoms with Gasteiger partial charge < -0.3 is 15.6 Å². The minimum atomic E-state index is -0.307. The van der Waals surface area contributed by atoms with Gasteiger partial charge in [0.15, 0.2) is 5.16 Å². The Kier molecular flexibility index (Phi) is 4.84. The molecule has 0 aromatic carbocycles. The molecule has 1 aromatic rings. The lowest BCUT2D eigenvalue weighted by atomic mass is 10.3. The molecule has 1 aliphatic rings. The number of carbonyl (C=O) groups excluding carboxylic acids is 1. The maximum absolute atomic E-state index is 12.2. The smallest absolute Gasteiger partial charge is 0.253 e. The predicted molar refractivity (Wildman–Crippen MR) is 79.3 cm³/mol.